The van der Waals surface area contributed by atoms with Crippen molar-refractivity contribution >= 4 is 12.0 Å². The molecule has 1 aromatic rings. The van der Waals surface area contributed by atoms with E-state index in [4.69, 9.17) is 4.74 Å². The molecular formula is C14H19N3O4. The molecule has 0 aliphatic carbocycles. The Morgan fingerprint density at radius 1 is 1.48 bits per heavy atom. The molecule has 0 spiro atoms. The van der Waals surface area contributed by atoms with Crippen molar-refractivity contribution in [3.05, 3.63) is 30.1 Å². The van der Waals surface area contributed by atoms with Gasteiger partial charge in [0.15, 0.2) is 0 Å². The maximum absolute atomic E-state index is 11.8. The van der Waals surface area contributed by atoms with Gasteiger partial charge in [0.2, 0.25) is 0 Å². The molecule has 0 radical (unpaired) electrons. The molecule has 0 bridgehead atoms. The number of hydrogen-bond donors (Lipinski definition) is 3. The van der Waals surface area contributed by atoms with Crippen LogP contribution in [0.4, 0.5) is 4.79 Å². The van der Waals surface area contributed by atoms with E-state index in [9.17, 15) is 14.7 Å². The van der Waals surface area contributed by atoms with Crippen LogP contribution in [0.1, 0.15) is 12.5 Å². The van der Waals surface area contributed by atoms with Crippen molar-refractivity contribution in [3.63, 3.8) is 0 Å². The van der Waals surface area contributed by atoms with Gasteiger partial charge in [-0.3, -0.25) is 9.78 Å². The molecule has 1 aliphatic rings. The van der Waals surface area contributed by atoms with E-state index in [0.717, 1.165) is 5.56 Å². The van der Waals surface area contributed by atoms with Crippen molar-refractivity contribution in [1.82, 2.24) is 15.6 Å². The van der Waals surface area contributed by atoms with Gasteiger partial charge in [0.25, 0.3) is 0 Å². The highest BCUT2D eigenvalue weighted by Gasteiger charge is 2.47. The number of ether oxygens (including phenoxy) is 1. The molecule has 2 unspecified atom stereocenters. The van der Waals surface area contributed by atoms with Crippen molar-refractivity contribution in [1.29, 1.82) is 0 Å². The Morgan fingerprint density at radius 3 is 2.86 bits per heavy atom. The van der Waals surface area contributed by atoms with Gasteiger partial charge < -0.3 is 20.5 Å². The fourth-order valence-corrected chi connectivity index (χ4v) is 2.16. The van der Waals surface area contributed by atoms with Crippen molar-refractivity contribution in [2.45, 2.75) is 19.4 Å². The summed E-state index contributed by atoms with van der Waals surface area (Å²) in [6.45, 7) is 2.35. The van der Waals surface area contributed by atoms with Gasteiger partial charge in [0, 0.05) is 18.9 Å². The Kier molecular flexibility index (Phi) is 4.74. The van der Waals surface area contributed by atoms with Crippen LogP contribution >= 0.6 is 0 Å². The van der Waals surface area contributed by atoms with E-state index in [-0.39, 0.29) is 19.2 Å². The van der Waals surface area contributed by atoms with Crippen molar-refractivity contribution in [2.75, 3.05) is 19.8 Å². The number of nitrogens with one attached hydrogen (secondary N) is 2. The zero-order valence-electron chi connectivity index (χ0n) is 11.8. The average molecular weight is 293 g/mol. The minimum atomic E-state index is -1.08. The maximum atomic E-state index is 11.8. The number of urea groups is 1. The number of rotatable bonds is 5. The summed E-state index contributed by atoms with van der Waals surface area (Å²) >= 11 is 0. The maximum Gasteiger partial charge on any atom is 0.315 e. The Bertz CT molecular complexity index is 508. The zero-order valence-corrected chi connectivity index (χ0v) is 11.8. The number of carboxylic acid groups (broad SMARTS) is 1. The number of carbonyl (C=O) groups is 2. The number of hydrogen-bond acceptors (Lipinski definition) is 4. The minimum absolute atomic E-state index is 0.101. The largest absolute Gasteiger partial charge is 0.481 e. The summed E-state index contributed by atoms with van der Waals surface area (Å²) in [4.78, 5) is 27.0. The van der Waals surface area contributed by atoms with Crippen LogP contribution in [-0.2, 0) is 16.0 Å². The van der Waals surface area contributed by atoms with E-state index < -0.39 is 17.4 Å². The van der Waals surface area contributed by atoms with E-state index in [1.165, 1.54) is 0 Å². The van der Waals surface area contributed by atoms with E-state index in [0.29, 0.717) is 13.0 Å². The van der Waals surface area contributed by atoms with E-state index in [2.05, 4.69) is 15.6 Å². The smallest absolute Gasteiger partial charge is 0.315 e. The predicted octanol–water partition coefficient (Wildman–Crippen LogP) is 0.413. The van der Waals surface area contributed by atoms with Gasteiger partial charge in [-0.05, 0) is 31.0 Å². The third-order valence-corrected chi connectivity index (χ3v) is 3.70. The zero-order chi connectivity index (χ0) is 15.3. The summed E-state index contributed by atoms with van der Waals surface area (Å²) < 4.78 is 5.18. The monoisotopic (exact) mass is 293 g/mol. The first-order chi connectivity index (χ1) is 10.0. The van der Waals surface area contributed by atoms with Crippen LogP contribution in [0.3, 0.4) is 0 Å². The number of nitrogens with zero attached hydrogens (tertiary/aromatic N) is 1. The van der Waals surface area contributed by atoms with Crippen LogP contribution in [0.25, 0.3) is 0 Å². The fraction of sp³-hybridized carbons (Fsp3) is 0.500. The van der Waals surface area contributed by atoms with E-state index in [1.807, 2.05) is 12.1 Å². The fourth-order valence-electron chi connectivity index (χ4n) is 2.16. The summed E-state index contributed by atoms with van der Waals surface area (Å²) in [5.74, 6) is -0.970. The van der Waals surface area contributed by atoms with E-state index in [1.54, 1.807) is 19.3 Å². The first kappa shape index (κ1) is 15.2. The van der Waals surface area contributed by atoms with Gasteiger partial charge in [-0.15, -0.1) is 0 Å². The number of aromatic nitrogens is 1. The molecule has 114 valence electrons. The van der Waals surface area contributed by atoms with Gasteiger partial charge in [0.05, 0.1) is 19.3 Å². The van der Waals surface area contributed by atoms with E-state index >= 15 is 0 Å². The molecule has 0 aromatic carbocycles. The molecule has 2 heterocycles. The first-order valence-electron chi connectivity index (χ1n) is 6.77. The molecule has 0 saturated carbocycles. The van der Waals surface area contributed by atoms with Crippen LogP contribution in [0.15, 0.2) is 24.5 Å². The van der Waals surface area contributed by atoms with Gasteiger partial charge in [0.1, 0.15) is 5.41 Å². The topological polar surface area (TPSA) is 101 Å². The third kappa shape index (κ3) is 3.69. The lowest BCUT2D eigenvalue weighted by Crippen LogP contribution is -2.52. The van der Waals surface area contributed by atoms with Crippen LogP contribution in [-0.4, -0.2) is 47.9 Å². The minimum Gasteiger partial charge on any atom is -0.481 e. The van der Waals surface area contributed by atoms with Gasteiger partial charge in [-0.25, -0.2) is 4.79 Å². The van der Waals surface area contributed by atoms with Gasteiger partial charge in [-0.1, -0.05) is 0 Å². The lowest BCUT2D eigenvalue weighted by Gasteiger charge is -2.25. The average Bonchev–Trinajstić information content (AvgIpc) is 2.83. The second-order valence-corrected chi connectivity index (χ2v) is 5.30. The number of aliphatic carboxylic acids is 1. The molecule has 21 heavy (non-hydrogen) atoms. The number of carboxylic acids is 1. The van der Waals surface area contributed by atoms with Crippen molar-refractivity contribution in [3.8, 4) is 0 Å². The summed E-state index contributed by atoms with van der Waals surface area (Å²) in [7, 11) is 0. The first-order valence-corrected chi connectivity index (χ1v) is 6.77. The lowest BCUT2D eigenvalue weighted by atomic mass is 9.85. The molecule has 1 fully saturated rings. The quantitative estimate of drug-likeness (QED) is 0.730. The summed E-state index contributed by atoms with van der Waals surface area (Å²) in [6, 6.07) is 2.85. The van der Waals surface area contributed by atoms with Crippen molar-refractivity contribution < 1.29 is 19.4 Å². The number of carbonyl (C=O) groups excluding carboxylic acids is 1. The number of amides is 2. The Hall–Kier alpha value is -2.15. The molecule has 3 N–H and O–H groups in total. The van der Waals surface area contributed by atoms with Crippen LogP contribution in [0, 0.1) is 5.41 Å². The van der Waals surface area contributed by atoms with Crippen LogP contribution in [0.5, 0.6) is 0 Å². The summed E-state index contributed by atoms with van der Waals surface area (Å²) in [6.07, 6.45) is 4.08. The van der Waals surface area contributed by atoms with Crippen molar-refractivity contribution in [2.24, 2.45) is 5.41 Å². The molecule has 2 atom stereocenters. The SMILES string of the molecule is CC1(C(=O)O)COCC1NC(=O)NCCc1ccncc1. The number of pyridine rings is 1. The lowest BCUT2D eigenvalue weighted by molar-refractivity contribution is -0.148. The standard InChI is InChI=1S/C14H19N3O4/c1-14(12(18)19)9-21-8-11(14)17-13(20)16-7-4-10-2-5-15-6-3-10/h2-3,5-6,11H,4,7-9H2,1H3,(H,18,19)(H2,16,17,20). The third-order valence-electron chi connectivity index (χ3n) is 3.70. The molecule has 7 heteroatoms. The second-order valence-electron chi connectivity index (χ2n) is 5.30. The summed E-state index contributed by atoms with van der Waals surface area (Å²) in [5.41, 5.74) is -0.00696. The normalized spacial score (nSPS) is 24.5. The molecule has 2 amide bonds. The highest BCUT2D eigenvalue weighted by Crippen LogP contribution is 2.28. The predicted molar refractivity (Wildman–Crippen MR) is 74.8 cm³/mol. The van der Waals surface area contributed by atoms with Crippen LogP contribution in [0.2, 0.25) is 0 Å². The molecule has 1 aliphatic heterocycles. The van der Waals surface area contributed by atoms with Gasteiger partial charge in [-0.2, -0.15) is 0 Å². The Labute approximate surface area is 122 Å². The molecular weight excluding hydrogens is 274 g/mol. The Balaban J connectivity index is 1.78. The van der Waals surface area contributed by atoms with Crippen LogP contribution < -0.4 is 10.6 Å². The summed E-state index contributed by atoms with van der Waals surface area (Å²) in [5, 5.41) is 14.6. The molecule has 2 rings (SSSR count). The second kappa shape index (κ2) is 6.53. The van der Waals surface area contributed by atoms with Gasteiger partial charge >= 0.3 is 12.0 Å². The highest BCUT2D eigenvalue weighted by molar-refractivity contribution is 5.79. The molecule has 7 nitrogen and oxygen atoms in total. The molecule has 1 saturated heterocycles. The molecule has 1 aromatic heterocycles. The highest BCUT2D eigenvalue weighted by atomic mass is 16.5. The Morgan fingerprint density at radius 2 is 2.19 bits per heavy atom.